The van der Waals surface area contributed by atoms with Crippen LogP contribution in [0.15, 0.2) is 24.3 Å². The third kappa shape index (κ3) is 3.93. The predicted molar refractivity (Wildman–Crippen MR) is 146 cm³/mol. The molecule has 2 saturated carbocycles. The Morgan fingerprint density at radius 1 is 0.643 bits per heavy atom. The summed E-state index contributed by atoms with van der Waals surface area (Å²) in [4.78, 5) is 24.2. The van der Waals surface area contributed by atoms with Crippen LogP contribution in [0.1, 0.15) is 79.1 Å². The van der Waals surface area contributed by atoms with Crippen LogP contribution < -0.4 is 0 Å². The van der Waals surface area contributed by atoms with E-state index in [1.807, 2.05) is 13.8 Å². The second-order valence-corrected chi connectivity index (χ2v) is 14.5. The van der Waals surface area contributed by atoms with Gasteiger partial charge in [-0.15, -0.1) is 0 Å². The number of hydrogen-bond donors (Lipinski definition) is 0. The van der Waals surface area contributed by atoms with Gasteiger partial charge in [-0.1, -0.05) is 27.0 Å². The van der Waals surface area contributed by atoms with Gasteiger partial charge in [-0.2, -0.15) is 0 Å². The molecule has 0 aromatic rings. The number of ether oxygens (including phenoxy) is 6. The monoisotopic (exact) mass is 590 g/mol. The van der Waals surface area contributed by atoms with E-state index in [0.717, 1.165) is 62.5 Å². The third-order valence-corrected chi connectivity index (χ3v) is 12.1. The minimum absolute atomic E-state index is 0.0247. The van der Waals surface area contributed by atoms with E-state index in [2.05, 4.69) is 27.0 Å². The minimum Gasteiger partial charge on any atom is -0.346 e. The lowest BCUT2D eigenvalue weighted by Crippen LogP contribution is -2.69. The molecule has 14 atom stereocenters. The van der Waals surface area contributed by atoms with Gasteiger partial charge in [0.15, 0.2) is 36.4 Å². The van der Waals surface area contributed by atoms with Crippen molar-refractivity contribution in [3.05, 3.63) is 24.3 Å². The average Bonchev–Trinajstić information content (AvgIpc) is 3.33. The first-order chi connectivity index (χ1) is 20.1. The molecule has 8 aliphatic heterocycles. The van der Waals surface area contributed by atoms with Gasteiger partial charge in [-0.3, -0.25) is 0 Å². The molecule has 2 aliphatic carbocycles. The standard InChI is InChI=1S/C32H46O10/c1-17-7-9-23-19(3)25(35-27-31(23)21(17)11-13-29(5,37-27)39-41-31)33-15-16-34-26-20(4)24-10-8-18(2)22-12-14-30(6)38-28(36-26)32(22,24)42-40-30/h17-18,21-28H,3-4,7-16H2,1-2,5-6H3/t17-,18-,21+,22+,23+,24+,25+,26+,27-,28-,29?,30?,31?,32?/m1/s1. The first kappa shape index (κ1) is 28.5. The molecule has 10 rings (SSSR count). The Kier molecular flexibility index (Phi) is 6.65. The van der Waals surface area contributed by atoms with Gasteiger partial charge in [0.25, 0.3) is 0 Å². The van der Waals surface area contributed by atoms with Gasteiger partial charge < -0.3 is 28.4 Å². The summed E-state index contributed by atoms with van der Waals surface area (Å²) >= 11 is 0. The maximum atomic E-state index is 6.46. The van der Waals surface area contributed by atoms with Crippen molar-refractivity contribution in [2.75, 3.05) is 13.2 Å². The number of hydrogen-bond acceptors (Lipinski definition) is 10. The summed E-state index contributed by atoms with van der Waals surface area (Å²) in [6, 6.07) is 0. The van der Waals surface area contributed by atoms with Crippen LogP contribution in [-0.2, 0) is 48.0 Å². The summed E-state index contributed by atoms with van der Waals surface area (Å²) in [6.45, 7) is 17.9. The Morgan fingerprint density at radius 2 is 1.07 bits per heavy atom. The molecule has 234 valence electrons. The lowest BCUT2D eigenvalue weighted by Gasteiger charge is -2.59. The molecular formula is C32H46O10. The van der Waals surface area contributed by atoms with Crippen molar-refractivity contribution < 1.29 is 48.0 Å². The second kappa shape index (κ2) is 9.79. The Hall–Kier alpha value is -0.920. The zero-order chi connectivity index (χ0) is 29.1. The molecule has 10 heteroatoms. The highest BCUT2D eigenvalue weighted by molar-refractivity contribution is 5.23. The molecule has 8 saturated heterocycles. The minimum atomic E-state index is -0.832. The molecule has 10 nitrogen and oxygen atoms in total. The van der Waals surface area contributed by atoms with Gasteiger partial charge >= 0.3 is 0 Å². The Balaban J connectivity index is 0.939. The van der Waals surface area contributed by atoms with Crippen LogP contribution in [0.5, 0.6) is 0 Å². The largest absolute Gasteiger partial charge is 0.346 e. The molecule has 0 N–H and O–H groups in total. The van der Waals surface area contributed by atoms with E-state index >= 15 is 0 Å². The van der Waals surface area contributed by atoms with Crippen molar-refractivity contribution in [2.45, 2.75) is 127 Å². The molecule has 0 amide bonds. The second-order valence-electron chi connectivity index (χ2n) is 14.5. The maximum absolute atomic E-state index is 6.46. The predicted octanol–water partition coefficient (Wildman–Crippen LogP) is 5.28. The van der Waals surface area contributed by atoms with E-state index < -0.39 is 47.9 Å². The van der Waals surface area contributed by atoms with E-state index in [1.54, 1.807) is 0 Å². The lowest BCUT2D eigenvalue weighted by atomic mass is 9.59. The van der Waals surface area contributed by atoms with Crippen molar-refractivity contribution in [1.82, 2.24) is 0 Å². The fourth-order valence-electron chi connectivity index (χ4n) is 9.72. The van der Waals surface area contributed by atoms with Crippen molar-refractivity contribution >= 4 is 0 Å². The average molecular weight is 591 g/mol. The van der Waals surface area contributed by atoms with E-state index in [-0.39, 0.29) is 36.9 Å². The SMILES string of the molecule is C=C1[C@@H](OCCO[C@H]2O[C@@H]3OC4(C)CC[C@H]5[C@H](C)CC[C@@H](C2=C)C35OO4)O[C@@H]2OC3(C)CC[C@H]4[C@H](C)CC[C@@H]1C24OO3. The first-order valence-corrected chi connectivity index (χ1v) is 16.1. The molecule has 42 heavy (non-hydrogen) atoms. The van der Waals surface area contributed by atoms with Crippen LogP contribution in [0.3, 0.4) is 0 Å². The highest BCUT2D eigenvalue weighted by Crippen LogP contribution is 2.62. The topological polar surface area (TPSA) is 92.3 Å². The highest BCUT2D eigenvalue weighted by Gasteiger charge is 2.70. The molecule has 0 radical (unpaired) electrons. The Bertz CT molecular complexity index is 1040. The molecule has 4 bridgehead atoms. The zero-order valence-electron chi connectivity index (χ0n) is 25.3. The van der Waals surface area contributed by atoms with Crippen LogP contribution in [-0.4, -0.2) is 61.2 Å². The molecule has 0 aromatic carbocycles. The van der Waals surface area contributed by atoms with Gasteiger partial charge in [0.05, 0.1) is 13.2 Å². The molecule has 8 heterocycles. The summed E-state index contributed by atoms with van der Waals surface area (Å²) in [5.41, 5.74) is 0.356. The molecular weight excluding hydrogens is 544 g/mol. The van der Waals surface area contributed by atoms with Gasteiger partial charge in [0.1, 0.15) is 0 Å². The summed E-state index contributed by atoms with van der Waals surface area (Å²) in [5.74, 6) is -0.113. The van der Waals surface area contributed by atoms with Crippen LogP contribution in [0.25, 0.3) is 0 Å². The summed E-state index contributed by atoms with van der Waals surface area (Å²) in [5, 5.41) is 0. The van der Waals surface area contributed by atoms with Crippen LogP contribution >= 0.6 is 0 Å². The summed E-state index contributed by atoms with van der Waals surface area (Å²) in [6.07, 6.45) is 5.09. The first-order valence-electron chi connectivity index (χ1n) is 16.1. The van der Waals surface area contributed by atoms with E-state index in [4.69, 9.17) is 48.0 Å². The van der Waals surface area contributed by atoms with Crippen LogP contribution in [0.2, 0.25) is 0 Å². The van der Waals surface area contributed by atoms with Crippen molar-refractivity contribution in [1.29, 1.82) is 0 Å². The van der Waals surface area contributed by atoms with E-state index in [1.165, 1.54) is 0 Å². The summed E-state index contributed by atoms with van der Waals surface area (Å²) < 4.78 is 38.3. The molecule has 10 fully saturated rings. The zero-order valence-corrected chi connectivity index (χ0v) is 25.3. The molecule has 2 spiro atoms. The maximum Gasteiger partial charge on any atom is 0.201 e. The molecule has 0 aromatic heterocycles. The smallest absolute Gasteiger partial charge is 0.201 e. The third-order valence-electron chi connectivity index (χ3n) is 12.1. The van der Waals surface area contributed by atoms with Crippen molar-refractivity contribution in [3.63, 3.8) is 0 Å². The normalized spacial score (nSPS) is 56.4. The quantitative estimate of drug-likeness (QED) is 0.239. The fourth-order valence-corrected chi connectivity index (χ4v) is 9.72. The van der Waals surface area contributed by atoms with E-state index in [0.29, 0.717) is 11.8 Å². The van der Waals surface area contributed by atoms with E-state index in [9.17, 15) is 0 Å². The Labute approximate surface area is 248 Å². The van der Waals surface area contributed by atoms with Crippen LogP contribution in [0.4, 0.5) is 0 Å². The number of fused-ring (bicyclic) bond motifs is 4. The summed E-state index contributed by atoms with van der Waals surface area (Å²) in [7, 11) is 0. The van der Waals surface area contributed by atoms with Crippen LogP contribution in [0, 0.1) is 35.5 Å². The Morgan fingerprint density at radius 3 is 1.50 bits per heavy atom. The van der Waals surface area contributed by atoms with Gasteiger partial charge in [0.2, 0.25) is 11.6 Å². The van der Waals surface area contributed by atoms with Crippen molar-refractivity contribution in [3.8, 4) is 0 Å². The molecule has 10 aliphatic rings. The van der Waals surface area contributed by atoms with Crippen molar-refractivity contribution in [2.24, 2.45) is 35.5 Å². The fraction of sp³-hybridized carbons (Fsp3) is 0.875. The molecule has 4 unspecified atom stereocenters. The van der Waals surface area contributed by atoms with Gasteiger partial charge in [-0.25, -0.2) is 19.6 Å². The van der Waals surface area contributed by atoms with Gasteiger partial charge in [-0.05, 0) is 87.2 Å². The van der Waals surface area contributed by atoms with Gasteiger partial charge in [0, 0.05) is 24.7 Å². The lowest BCUT2D eigenvalue weighted by molar-refractivity contribution is -0.568. The number of rotatable bonds is 5. The highest BCUT2D eigenvalue weighted by atomic mass is 17.3.